The average molecular weight is 441 g/mol. The monoisotopic (exact) mass is 441 g/mol. The summed E-state index contributed by atoms with van der Waals surface area (Å²) in [4.78, 5) is 21.2. The molecule has 0 aliphatic heterocycles. The summed E-state index contributed by atoms with van der Waals surface area (Å²) in [5.74, 6) is -0.515. The molecule has 0 aliphatic rings. The van der Waals surface area contributed by atoms with Crippen LogP contribution in [-0.2, 0) is 17.9 Å². The van der Waals surface area contributed by atoms with E-state index >= 15 is 0 Å². The van der Waals surface area contributed by atoms with Crippen LogP contribution in [0.2, 0.25) is 0 Å². The number of anilines is 1. The van der Waals surface area contributed by atoms with Gasteiger partial charge in [0, 0.05) is 17.1 Å². The van der Waals surface area contributed by atoms with Crippen molar-refractivity contribution in [2.75, 3.05) is 5.32 Å². The number of aromatic nitrogens is 6. The molecule has 0 aliphatic carbocycles. The quantitative estimate of drug-likeness (QED) is 0.433. The van der Waals surface area contributed by atoms with Crippen LogP contribution >= 0.6 is 0 Å². The van der Waals surface area contributed by atoms with Gasteiger partial charge in [0.25, 0.3) is 0 Å². The Hall–Kier alpha value is -4.40. The second kappa shape index (κ2) is 8.62. The van der Waals surface area contributed by atoms with Crippen LogP contribution in [0.4, 0.5) is 10.3 Å². The molecule has 164 valence electrons. The summed E-state index contributed by atoms with van der Waals surface area (Å²) in [5, 5.41) is 12.3. The maximum absolute atomic E-state index is 13.9. The van der Waals surface area contributed by atoms with Crippen molar-refractivity contribution in [2.24, 2.45) is 0 Å². The first-order valence-corrected chi connectivity index (χ1v) is 10.4. The molecule has 8 nitrogen and oxygen atoms in total. The van der Waals surface area contributed by atoms with E-state index in [0.29, 0.717) is 11.2 Å². The molecule has 5 rings (SSSR count). The summed E-state index contributed by atoms with van der Waals surface area (Å²) < 4.78 is 16.9. The van der Waals surface area contributed by atoms with E-state index in [-0.39, 0.29) is 30.8 Å². The third-order valence-corrected chi connectivity index (χ3v) is 5.26. The number of rotatable bonds is 6. The molecule has 0 spiro atoms. The SMILES string of the molecule is Cc1nn(CC(=O)Nc2ncn(Cc3ccccc3F)n2)c2nccc(-c3ccccc3)c12. The van der Waals surface area contributed by atoms with Crippen molar-refractivity contribution in [3.8, 4) is 11.1 Å². The number of halogens is 1. The maximum Gasteiger partial charge on any atom is 0.248 e. The lowest BCUT2D eigenvalue weighted by molar-refractivity contribution is -0.116. The Morgan fingerprint density at radius 1 is 1.00 bits per heavy atom. The van der Waals surface area contributed by atoms with Gasteiger partial charge in [-0.3, -0.25) is 10.1 Å². The van der Waals surface area contributed by atoms with Crippen molar-refractivity contribution in [1.82, 2.24) is 29.5 Å². The molecule has 1 amide bonds. The van der Waals surface area contributed by atoms with Gasteiger partial charge < -0.3 is 0 Å². The first-order chi connectivity index (χ1) is 16.1. The first kappa shape index (κ1) is 20.5. The third-order valence-electron chi connectivity index (χ3n) is 5.26. The van der Waals surface area contributed by atoms with Gasteiger partial charge in [-0.25, -0.2) is 23.7 Å². The number of carbonyl (C=O) groups excluding carboxylic acids is 1. The smallest absolute Gasteiger partial charge is 0.248 e. The highest BCUT2D eigenvalue weighted by atomic mass is 19.1. The predicted molar refractivity (Wildman–Crippen MR) is 122 cm³/mol. The zero-order chi connectivity index (χ0) is 22.8. The number of benzene rings is 2. The van der Waals surface area contributed by atoms with Crippen molar-refractivity contribution in [3.05, 3.63) is 90.3 Å². The van der Waals surface area contributed by atoms with Crippen LogP contribution in [0.3, 0.4) is 0 Å². The molecular formula is C24H20FN7O. The van der Waals surface area contributed by atoms with Crippen LogP contribution in [-0.4, -0.2) is 35.4 Å². The lowest BCUT2D eigenvalue weighted by atomic mass is 10.0. The highest BCUT2D eigenvalue weighted by Gasteiger charge is 2.16. The van der Waals surface area contributed by atoms with Crippen LogP contribution in [0.15, 0.2) is 73.2 Å². The molecule has 9 heteroatoms. The Morgan fingerprint density at radius 2 is 1.79 bits per heavy atom. The molecule has 0 fully saturated rings. The molecule has 0 saturated carbocycles. The second-order valence-electron chi connectivity index (χ2n) is 7.57. The molecule has 3 aromatic heterocycles. The van der Waals surface area contributed by atoms with Crippen molar-refractivity contribution >= 4 is 22.9 Å². The Morgan fingerprint density at radius 3 is 2.61 bits per heavy atom. The molecule has 0 atom stereocenters. The van der Waals surface area contributed by atoms with Crippen LogP contribution in [0.1, 0.15) is 11.3 Å². The lowest BCUT2D eigenvalue weighted by Gasteiger charge is -2.05. The normalized spacial score (nSPS) is 11.1. The molecule has 0 saturated heterocycles. The highest BCUT2D eigenvalue weighted by Crippen LogP contribution is 2.29. The molecule has 2 aromatic carbocycles. The Bertz CT molecular complexity index is 1440. The van der Waals surface area contributed by atoms with E-state index in [9.17, 15) is 9.18 Å². The minimum atomic E-state index is -0.338. The predicted octanol–water partition coefficient (Wildman–Crippen LogP) is 3.82. The fraction of sp³-hybridized carbons (Fsp3) is 0.125. The number of nitrogens with one attached hydrogen (secondary N) is 1. The molecular weight excluding hydrogens is 421 g/mol. The van der Waals surface area contributed by atoms with E-state index in [1.165, 1.54) is 17.1 Å². The molecule has 0 unspecified atom stereocenters. The van der Waals surface area contributed by atoms with Crippen LogP contribution in [0.5, 0.6) is 0 Å². The Kier molecular flexibility index (Phi) is 5.35. The Labute approximate surface area is 188 Å². The van der Waals surface area contributed by atoms with Gasteiger partial charge in [0.2, 0.25) is 11.9 Å². The van der Waals surface area contributed by atoms with Crippen molar-refractivity contribution in [1.29, 1.82) is 0 Å². The summed E-state index contributed by atoms with van der Waals surface area (Å²) in [5.41, 5.74) is 3.97. The molecule has 5 aromatic rings. The van der Waals surface area contributed by atoms with Gasteiger partial charge in [0.15, 0.2) is 5.65 Å². The van der Waals surface area contributed by atoms with Gasteiger partial charge in [-0.2, -0.15) is 5.10 Å². The molecule has 0 radical (unpaired) electrons. The number of aryl methyl sites for hydroxylation is 1. The van der Waals surface area contributed by atoms with Gasteiger partial charge in [-0.05, 0) is 30.2 Å². The van der Waals surface area contributed by atoms with E-state index in [4.69, 9.17) is 0 Å². The van der Waals surface area contributed by atoms with E-state index in [2.05, 4.69) is 25.5 Å². The average Bonchev–Trinajstić information content (AvgIpc) is 3.39. The number of amides is 1. The number of pyridine rings is 1. The highest BCUT2D eigenvalue weighted by molar-refractivity contribution is 5.96. The number of fused-ring (bicyclic) bond motifs is 1. The summed E-state index contributed by atoms with van der Waals surface area (Å²) in [7, 11) is 0. The summed E-state index contributed by atoms with van der Waals surface area (Å²) in [6.45, 7) is 2.07. The second-order valence-corrected chi connectivity index (χ2v) is 7.57. The number of hydrogen-bond acceptors (Lipinski definition) is 5. The largest absolute Gasteiger partial charge is 0.292 e. The number of carbonyl (C=O) groups is 1. The van der Waals surface area contributed by atoms with E-state index in [1.807, 2.05) is 43.3 Å². The van der Waals surface area contributed by atoms with Crippen LogP contribution in [0.25, 0.3) is 22.2 Å². The topological polar surface area (TPSA) is 90.5 Å². The molecule has 1 N–H and O–H groups in total. The zero-order valence-electron chi connectivity index (χ0n) is 17.8. The van der Waals surface area contributed by atoms with E-state index in [0.717, 1.165) is 22.2 Å². The third kappa shape index (κ3) is 4.20. The fourth-order valence-electron chi connectivity index (χ4n) is 3.78. The van der Waals surface area contributed by atoms with Crippen LogP contribution in [0, 0.1) is 12.7 Å². The molecule has 3 heterocycles. The maximum atomic E-state index is 13.9. The Balaban J connectivity index is 1.33. The minimum Gasteiger partial charge on any atom is -0.292 e. The molecule has 33 heavy (non-hydrogen) atoms. The number of hydrogen-bond donors (Lipinski definition) is 1. The van der Waals surface area contributed by atoms with Gasteiger partial charge in [0.05, 0.1) is 12.2 Å². The van der Waals surface area contributed by atoms with Gasteiger partial charge >= 0.3 is 0 Å². The van der Waals surface area contributed by atoms with Gasteiger partial charge in [-0.1, -0.05) is 48.5 Å². The van der Waals surface area contributed by atoms with Gasteiger partial charge in [0.1, 0.15) is 18.7 Å². The summed E-state index contributed by atoms with van der Waals surface area (Å²) in [6, 6.07) is 18.4. The van der Waals surface area contributed by atoms with Crippen molar-refractivity contribution < 1.29 is 9.18 Å². The molecule has 0 bridgehead atoms. The summed E-state index contributed by atoms with van der Waals surface area (Å²) >= 11 is 0. The van der Waals surface area contributed by atoms with E-state index in [1.54, 1.807) is 29.1 Å². The van der Waals surface area contributed by atoms with Gasteiger partial charge in [-0.15, -0.1) is 5.10 Å². The first-order valence-electron chi connectivity index (χ1n) is 10.4. The number of nitrogens with zero attached hydrogens (tertiary/aromatic N) is 6. The lowest BCUT2D eigenvalue weighted by Crippen LogP contribution is -2.20. The van der Waals surface area contributed by atoms with Crippen molar-refractivity contribution in [2.45, 2.75) is 20.0 Å². The van der Waals surface area contributed by atoms with E-state index < -0.39 is 0 Å². The van der Waals surface area contributed by atoms with Crippen molar-refractivity contribution in [3.63, 3.8) is 0 Å². The minimum absolute atomic E-state index is 0.0442. The summed E-state index contributed by atoms with van der Waals surface area (Å²) in [6.07, 6.45) is 3.16. The van der Waals surface area contributed by atoms with Crippen LogP contribution < -0.4 is 5.32 Å². The zero-order valence-corrected chi connectivity index (χ0v) is 17.8. The fourth-order valence-corrected chi connectivity index (χ4v) is 3.78. The standard InChI is InChI=1S/C24H20FN7O/c1-16-22-19(17-7-3-2-4-8-17)11-12-26-23(22)32(29-16)14-21(33)28-24-27-15-31(30-24)13-18-9-5-6-10-20(18)25/h2-12,15H,13-14H2,1H3,(H,28,30,33).